The second-order valence-electron chi connectivity index (χ2n) is 2.76. The highest BCUT2D eigenvalue weighted by Crippen LogP contribution is 2.28. The maximum absolute atomic E-state index is 11.3. The first-order chi connectivity index (χ1) is 5.68. The molecule has 1 aromatic heterocycles. The van der Waals surface area contributed by atoms with Crippen molar-refractivity contribution in [2.75, 3.05) is 0 Å². The first-order valence-corrected chi connectivity index (χ1v) is 3.73. The van der Waals surface area contributed by atoms with Gasteiger partial charge in [0.1, 0.15) is 0 Å². The second kappa shape index (κ2) is 2.46. The summed E-state index contributed by atoms with van der Waals surface area (Å²) in [6.45, 7) is 1.79. The van der Waals surface area contributed by atoms with Crippen LogP contribution in [0.15, 0.2) is 11.0 Å². The number of nitrogens with zero attached hydrogens (tertiary/aromatic N) is 1. The van der Waals surface area contributed by atoms with Gasteiger partial charge in [-0.2, -0.15) is 0 Å². The van der Waals surface area contributed by atoms with Gasteiger partial charge in [-0.3, -0.25) is 9.48 Å². The van der Waals surface area contributed by atoms with E-state index >= 15 is 0 Å². The summed E-state index contributed by atoms with van der Waals surface area (Å²) in [7, 11) is 1.65. The lowest BCUT2D eigenvalue weighted by atomic mass is 10.3. The van der Waals surface area contributed by atoms with Crippen LogP contribution < -0.4 is 5.56 Å². The fourth-order valence-corrected chi connectivity index (χ4v) is 1.15. The van der Waals surface area contributed by atoms with Crippen LogP contribution >= 0.6 is 0 Å². The van der Waals surface area contributed by atoms with E-state index in [0.717, 1.165) is 0 Å². The second-order valence-corrected chi connectivity index (χ2v) is 2.76. The number of nitrogens with one attached hydrogen (secondary N) is 1. The Labute approximate surface area is 68.9 Å². The van der Waals surface area contributed by atoms with Crippen LogP contribution in [0, 0.1) is 0 Å². The van der Waals surface area contributed by atoms with E-state index in [4.69, 9.17) is 9.47 Å². The predicted octanol–water partition coefficient (Wildman–Crippen LogP) is 0.105. The Hall–Kier alpha value is -1.07. The first-order valence-electron chi connectivity index (χ1n) is 3.73. The summed E-state index contributed by atoms with van der Waals surface area (Å²) in [5.41, 5.74) is 0.419. The summed E-state index contributed by atoms with van der Waals surface area (Å²) in [5.74, 6) is 0. The number of ether oxygens (including phenoxy) is 2. The molecule has 5 heteroatoms. The van der Waals surface area contributed by atoms with Crippen molar-refractivity contribution in [3.8, 4) is 0 Å². The average Bonchev–Trinajstić information content (AvgIpc) is 2.28. The molecular formula is C7H10N2O3. The maximum Gasteiger partial charge on any atom is 0.274 e. The van der Waals surface area contributed by atoms with Crippen molar-refractivity contribution >= 4 is 0 Å². The third-order valence-corrected chi connectivity index (χ3v) is 1.85. The molecule has 1 aliphatic rings. The quantitative estimate of drug-likeness (QED) is 0.650. The molecule has 1 N–H and O–H groups in total. The molecule has 0 unspecified atom stereocenters. The zero-order valence-corrected chi connectivity index (χ0v) is 6.90. The molecule has 1 aliphatic heterocycles. The molecule has 1 fully saturated rings. The lowest BCUT2D eigenvalue weighted by Crippen LogP contribution is -2.34. The van der Waals surface area contributed by atoms with Crippen LogP contribution in [0.4, 0.5) is 0 Å². The Morgan fingerprint density at radius 2 is 2.25 bits per heavy atom. The molecule has 0 saturated carbocycles. The Kier molecular flexibility index (Phi) is 1.55. The van der Waals surface area contributed by atoms with Gasteiger partial charge in [0.15, 0.2) is 12.6 Å². The minimum atomic E-state index is -0.482. The molecule has 0 amide bonds. The highest BCUT2D eigenvalue weighted by Gasteiger charge is 2.31. The van der Waals surface area contributed by atoms with Gasteiger partial charge in [-0.1, -0.05) is 0 Å². The number of aromatic nitrogens is 2. The van der Waals surface area contributed by atoms with Crippen LogP contribution in [0.3, 0.4) is 0 Å². The van der Waals surface area contributed by atoms with E-state index < -0.39 is 6.29 Å². The molecular weight excluding hydrogens is 160 g/mol. The minimum absolute atomic E-state index is 0.105. The number of aryl methyl sites for hydroxylation is 1. The Morgan fingerprint density at radius 3 is 2.67 bits per heavy atom. The SMILES string of the molecule is CC1OC(c2c[nH]n(C)c2=O)O1. The van der Waals surface area contributed by atoms with Crippen molar-refractivity contribution < 1.29 is 9.47 Å². The van der Waals surface area contributed by atoms with Crippen LogP contribution in [0.2, 0.25) is 0 Å². The number of aromatic amines is 1. The van der Waals surface area contributed by atoms with E-state index in [2.05, 4.69) is 5.10 Å². The van der Waals surface area contributed by atoms with E-state index in [1.807, 2.05) is 0 Å². The van der Waals surface area contributed by atoms with E-state index in [1.54, 1.807) is 20.2 Å². The van der Waals surface area contributed by atoms with Crippen LogP contribution in [0.1, 0.15) is 18.8 Å². The monoisotopic (exact) mass is 170 g/mol. The summed E-state index contributed by atoms with van der Waals surface area (Å²) in [6.07, 6.45) is 0.915. The zero-order chi connectivity index (χ0) is 8.72. The number of hydrogen-bond acceptors (Lipinski definition) is 3. The molecule has 5 nitrogen and oxygen atoms in total. The van der Waals surface area contributed by atoms with Gasteiger partial charge >= 0.3 is 0 Å². The number of hydrogen-bond donors (Lipinski definition) is 1. The van der Waals surface area contributed by atoms with Gasteiger partial charge in [0.25, 0.3) is 5.56 Å². The minimum Gasteiger partial charge on any atom is -0.319 e. The van der Waals surface area contributed by atoms with Gasteiger partial charge in [-0.05, 0) is 6.92 Å². The molecule has 0 aliphatic carbocycles. The van der Waals surface area contributed by atoms with Gasteiger partial charge in [0.05, 0.1) is 5.56 Å². The zero-order valence-electron chi connectivity index (χ0n) is 6.90. The maximum atomic E-state index is 11.3. The average molecular weight is 170 g/mol. The summed E-state index contributed by atoms with van der Waals surface area (Å²) in [6, 6.07) is 0. The Morgan fingerprint density at radius 1 is 1.58 bits per heavy atom. The molecule has 66 valence electrons. The van der Waals surface area contributed by atoms with Crippen molar-refractivity contribution in [2.45, 2.75) is 19.5 Å². The van der Waals surface area contributed by atoms with Gasteiger partial charge in [-0.15, -0.1) is 0 Å². The number of rotatable bonds is 1. The summed E-state index contributed by atoms with van der Waals surface area (Å²) in [4.78, 5) is 11.3. The van der Waals surface area contributed by atoms with Crippen LogP contribution in [-0.4, -0.2) is 16.1 Å². The molecule has 0 radical (unpaired) electrons. The third-order valence-electron chi connectivity index (χ3n) is 1.85. The smallest absolute Gasteiger partial charge is 0.274 e. The van der Waals surface area contributed by atoms with Crippen molar-refractivity contribution in [3.05, 3.63) is 22.1 Å². The fourth-order valence-electron chi connectivity index (χ4n) is 1.15. The Balaban J connectivity index is 2.24. The lowest BCUT2D eigenvalue weighted by molar-refractivity contribution is -0.382. The first kappa shape index (κ1) is 7.57. The van der Waals surface area contributed by atoms with E-state index in [1.165, 1.54) is 4.68 Å². The topological polar surface area (TPSA) is 56.2 Å². The fraction of sp³-hybridized carbons (Fsp3) is 0.571. The largest absolute Gasteiger partial charge is 0.319 e. The highest BCUT2D eigenvalue weighted by molar-refractivity contribution is 5.07. The van der Waals surface area contributed by atoms with Gasteiger partial charge < -0.3 is 14.6 Å². The normalized spacial score (nSPS) is 28.5. The van der Waals surface area contributed by atoms with Crippen molar-refractivity contribution in [2.24, 2.45) is 7.05 Å². The highest BCUT2D eigenvalue weighted by atomic mass is 16.9. The van der Waals surface area contributed by atoms with Gasteiger partial charge in [0, 0.05) is 13.2 Å². The van der Waals surface area contributed by atoms with Crippen molar-refractivity contribution in [3.63, 3.8) is 0 Å². The summed E-state index contributed by atoms with van der Waals surface area (Å²) >= 11 is 0. The lowest BCUT2D eigenvalue weighted by Gasteiger charge is -2.32. The van der Waals surface area contributed by atoms with E-state index in [9.17, 15) is 4.79 Å². The number of H-pyrrole nitrogens is 1. The molecule has 1 aromatic rings. The summed E-state index contributed by atoms with van der Waals surface area (Å²) < 4.78 is 11.7. The van der Waals surface area contributed by atoms with Crippen LogP contribution in [-0.2, 0) is 16.5 Å². The molecule has 0 atom stereocenters. The Bertz CT molecular complexity index is 335. The molecule has 0 spiro atoms. The predicted molar refractivity (Wildman–Crippen MR) is 40.4 cm³/mol. The van der Waals surface area contributed by atoms with E-state index in [0.29, 0.717) is 5.56 Å². The van der Waals surface area contributed by atoms with E-state index in [-0.39, 0.29) is 11.8 Å². The van der Waals surface area contributed by atoms with Crippen LogP contribution in [0.25, 0.3) is 0 Å². The molecule has 2 rings (SSSR count). The van der Waals surface area contributed by atoms with Gasteiger partial charge in [0.2, 0.25) is 0 Å². The molecule has 12 heavy (non-hydrogen) atoms. The third kappa shape index (κ3) is 0.981. The van der Waals surface area contributed by atoms with Gasteiger partial charge in [-0.25, -0.2) is 0 Å². The van der Waals surface area contributed by atoms with Crippen molar-refractivity contribution in [1.82, 2.24) is 9.78 Å². The standard InChI is InChI=1S/C7H10N2O3/c1-4-11-7(12-4)5-3-8-9(2)6(5)10/h3-4,7-8H,1-2H3. The van der Waals surface area contributed by atoms with Crippen LogP contribution in [0.5, 0.6) is 0 Å². The summed E-state index contributed by atoms with van der Waals surface area (Å²) in [5, 5.41) is 2.75. The van der Waals surface area contributed by atoms with Crippen molar-refractivity contribution in [1.29, 1.82) is 0 Å². The molecule has 1 saturated heterocycles. The molecule has 2 heterocycles. The molecule has 0 bridgehead atoms. The molecule has 0 aromatic carbocycles.